The van der Waals surface area contributed by atoms with Crippen LogP contribution in [0.15, 0.2) is 65.6 Å². The van der Waals surface area contributed by atoms with Crippen molar-refractivity contribution < 1.29 is 22.7 Å². The first-order valence-electron chi connectivity index (χ1n) is 11.3. The van der Waals surface area contributed by atoms with Crippen molar-refractivity contribution in [3.8, 4) is 5.75 Å². The average Bonchev–Trinajstić information content (AvgIpc) is 2.86. The molecule has 0 bridgehead atoms. The van der Waals surface area contributed by atoms with Crippen LogP contribution in [0.1, 0.15) is 29.3 Å². The van der Waals surface area contributed by atoms with E-state index in [0.717, 1.165) is 32.8 Å². The largest absolute Gasteiger partial charge is 0.493 e. The second-order valence-electron chi connectivity index (χ2n) is 8.36. The number of ether oxygens (including phenoxy) is 1. The van der Waals surface area contributed by atoms with Crippen LogP contribution in [0.4, 0.5) is 0 Å². The van der Waals surface area contributed by atoms with Crippen molar-refractivity contribution in [3.63, 3.8) is 0 Å². The molecule has 0 fully saturated rings. The fourth-order valence-electron chi connectivity index (χ4n) is 3.55. The van der Waals surface area contributed by atoms with Crippen molar-refractivity contribution in [1.29, 1.82) is 0 Å². The molecule has 0 radical (unpaired) electrons. The van der Waals surface area contributed by atoms with Crippen LogP contribution in [0.3, 0.4) is 0 Å². The number of nitrogens with zero attached hydrogens (tertiary/aromatic N) is 2. The summed E-state index contributed by atoms with van der Waals surface area (Å²) >= 11 is 0. The third-order valence-corrected chi connectivity index (χ3v) is 7.37. The van der Waals surface area contributed by atoms with Gasteiger partial charge in [-0.25, -0.2) is 12.7 Å². The van der Waals surface area contributed by atoms with E-state index in [1.54, 1.807) is 7.05 Å². The number of hydrogen-bond donors (Lipinski definition) is 1. The van der Waals surface area contributed by atoms with E-state index in [1.165, 1.54) is 43.3 Å². The van der Waals surface area contributed by atoms with Crippen LogP contribution in [0.5, 0.6) is 5.75 Å². The number of carbonyl (C=O) groups excluding carboxylic acids is 2. The number of nitrogens with one attached hydrogen (secondary N) is 1. The quantitative estimate of drug-likeness (QED) is 0.464. The third-order valence-electron chi connectivity index (χ3n) is 5.56. The number of hydrogen-bond acceptors (Lipinski definition) is 5. The van der Waals surface area contributed by atoms with Crippen LogP contribution in [0.25, 0.3) is 10.8 Å². The van der Waals surface area contributed by atoms with Crippen molar-refractivity contribution in [3.05, 3.63) is 71.8 Å². The Labute approximate surface area is 206 Å². The van der Waals surface area contributed by atoms with E-state index in [0.29, 0.717) is 13.2 Å². The zero-order valence-electron chi connectivity index (χ0n) is 20.4. The van der Waals surface area contributed by atoms with E-state index in [-0.39, 0.29) is 22.9 Å². The molecule has 9 heteroatoms. The zero-order valence-corrected chi connectivity index (χ0v) is 21.3. The summed E-state index contributed by atoms with van der Waals surface area (Å²) in [6, 6.07) is 17.6. The van der Waals surface area contributed by atoms with Gasteiger partial charge in [-0.05, 0) is 41.5 Å². The van der Waals surface area contributed by atoms with Crippen molar-refractivity contribution in [2.75, 3.05) is 34.3 Å². The summed E-state index contributed by atoms with van der Waals surface area (Å²) in [4.78, 5) is 27.0. The van der Waals surface area contributed by atoms with Gasteiger partial charge in [0.25, 0.3) is 5.91 Å². The predicted molar refractivity (Wildman–Crippen MR) is 136 cm³/mol. The summed E-state index contributed by atoms with van der Waals surface area (Å²) < 4.78 is 31.7. The van der Waals surface area contributed by atoms with Gasteiger partial charge in [0.2, 0.25) is 15.9 Å². The van der Waals surface area contributed by atoms with Gasteiger partial charge in [0, 0.05) is 38.8 Å². The Morgan fingerprint density at radius 2 is 1.71 bits per heavy atom. The van der Waals surface area contributed by atoms with Gasteiger partial charge in [0.05, 0.1) is 18.0 Å². The normalized spacial score (nSPS) is 11.5. The van der Waals surface area contributed by atoms with E-state index >= 15 is 0 Å². The number of benzene rings is 3. The van der Waals surface area contributed by atoms with Gasteiger partial charge < -0.3 is 15.0 Å². The monoisotopic (exact) mass is 497 g/mol. The third kappa shape index (κ3) is 6.17. The molecule has 186 valence electrons. The zero-order chi connectivity index (χ0) is 25.6. The maximum Gasteiger partial charge on any atom is 0.251 e. The number of amides is 2. The molecule has 0 spiro atoms. The Morgan fingerprint density at radius 1 is 0.971 bits per heavy atom. The Kier molecular flexibility index (Phi) is 8.48. The van der Waals surface area contributed by atoms with Crippen molar-refractivity contribution in [1.82, 2.24) is 14.5 Å². The highest BCUT2D eigenvalue weighted by Crippen LogP contribution is 2.29. The van der Waals surface area contributed by atoms with E-state index in [9.17, 15) is 18.0 Å². The maximum atomic E-state index is 12.8. The van der Waals surface area contributed by atoms with E-state index in [1.807, 2.05) is 43.3 Å². The lowest BCUT2D eigenvalue weighted by Gasteiger charge is -2.21. The number of carbonyl (C=O) groups is 2. The number of sulfonamides is 1. The highest BCUT2D eigenvalue weighted by molar-refractivity contribution is 7.89. The molecule has 1 N–H and O–H groups in total. The van der Waals surface area contributed by atoms with Gasteiger partial charge in [-0.2, -0.15) is 0 Å². The molecule has 0 aliphatic rings. The minimum atomic E-state index is -3.67. The standard InChI is InChI=1S/C26H31N3O5S/c1-5-15-34-24-14-13-19-9-6-7-12-22(19)23(24)18-29(4)25(30)17-27-26(31)20-10-8-11-21(16-20)35(32,33)28(2)3/h6-14,16H,5,15,17-18H2,1-4H3,(H,27,31). The Bertz CT molecular complexity index is 1320. The molecule has 35 heavy (non-hydrogen) atoms. The summed E-state index contributed by atoms with van der Waals surface area (Å²) in [5, 5.41) is 4.64. The smallest absolute Gasteiger partial charge is 0.251 e. The van der Waals surface area contributed by atoms with Crippen LogP contribution in [0.2, 0.25) is 0 Å². The van der Waals surface area contributed by atoms with Crippen LogP contribution < -0.4 is 10.1 Å². The first-order valence-corrected chi connectivity index (χ1v) is 12.8. The summed E-state index contributed by atoms with van der Waals surface area (Å²) in [5.41, 5.74) is 1.06. The molecule has 3 rings (SSSR count). The Balaban J connectivity index is 1.71. The fourth-order valence-corrected chi connectivity index (χ4v) is 4.50. The average molecular weight is 498 g/mol. The van der Waals surface area contributed by atoms with E-state index in [4.69, 9.17) is 4.74 Å². The van der Waals surface area contributed by atoms with Crippen LogP contribution in [-0.4, -0.2) is 63.7 Å². The molecule has 3 aromatic carbocycles. The molecule has 2 amide bonds. The number of fused-ring (bicyclic) bond motifs is 1. The summed E-state index contributed by atoms with van der Waals surface area (Å²) in [7, 11) is 0.840. The van der Waals surface area contributed by atoms with Gasteiger partial charge in [-0.1, -0.05) is 43.3 Å². The van der Waals surface area contributed by atoms with Crippen molar-refractivity contribution in [2.45, 2.75) is 24.8 Å². The highest BCUT2D eigenvalue weighted by atomic mass is 32.2. The lowest BCUT2D eigenvalue weighted by atomic mass is 10.0. The van der Waals surface area contributed by atoms with Crippen molar-refractivity contribution >= 4 is 32.6 Å². The molecule has 0 aromatic heterocycles. The van der Waals surface area contributed by atoms with Crippen LogP contribution in [0, 0.1) is 0 Å². The minimum Gasteiger partial charge on any atom is -0.493 e. The lowest BCUT2D eigenvalue weighted by molar-refractivity contribution is -0.129. The molecule has 0 atom stereocenters. The maximum absolute atomic E-state index is 12.8. The summed E-state index contributed by atoms with van der Waals surface area (Å²) in [5.74, 6) is -0.0855. The van der Waals surface area contributed by atoms with Crippen LogP contribution in [-0.2, 0) is 21.4 Å². The first-order chi connectivity index (χ1) is 16.6. The van der Waals surface area contributed by atoms with E-state index in [2.05, 4.69) is 5.32 Å². The topological polar surface area (TPSA) is 96.0 Å². The molecular formula is C26H31N3O5S. The molecule has 0 saturated carbocycles. The van der Waals surface area contributed by atoms with Crippen LogP contribution >= 0.6 is 0 Å². The first kappa shape index (κ1) is 26.2. The van der Waals surface area contributed by atoms with E-state index < -0.39 is 15.9 Å². The highest BCUT2D eigenvalue weighted by Gasteiger charge is 2.20. The second kappa shape index (κ2) is 11.3. The fraction of sp³-hybridized carbons (Fsp3) is 0.308. The molecule has 3 aromatic rings. The lowest BCUT2D eigenvalue weighted by Crippen LogP contribution is -2.38. The minimum absolute atomic E-state index is 0.00848. The molecule has 0 saturated heterocycles. The second-order valence-corrected chi connectivity index (χ2v) is 10.5. The molecule has 0 aliphatic carbocycles. The number of likely N-dealkylation sites (N-methyl/N-ethyl adjacent to an activating group) is 1. The predicted octanol–water partition coefficient (Wildman–Crippen LogP) is 3.27. The molecule has 8 nitrogen and oxygen atoms in total. The summed E-state index contributed by atoms with van der Waals surface area (Å²) in [6.07, 6.45) is 0.865. The molecular weight excluding hydrogens is 466 g/mol. The van der Waals surface area contributed by atoms with Gasteiger partial charge in [0.15, 0.2) is 0 Å². The van der Waals surface area contributed by atoms with Crippen molar-refractivity contribution in [2.24, 2.45) is 0 Å². The number of rotatable bonds is 10. The Hall–Kier alpha value is -3.43. The van der Waals surface area contributed by atoms with Gasteiger partial charge >= 0.3 is 0 Å². The molecule has 0 aliphatic heterocycles. The van der Waals surface area contributed by atoms with Gasteiger partial charge in [0.1, 0.15) is 5.75 Å². The molecule has 0 unspecified atom stereocenters. The SMILES string of the molecule is CCCOc1ccc2ccccc2c1CN(C)C(=O)CNC(=O)c1cccc(S(=O)(=O)N(C)C)c1. The Morgan fingerprint density at radius 3 is 2.43 bits per heavy atom. The van der Waals surface area contributed by atoms with Gasteiger partial charge in [-0.15, -0.1) is 0 Å². The molecule has 0 heterocycles. The van der Waals surface area contributed by atoms with Gasteiger partial charge in [-0.3, -0.25) is 9.59 Å². The summed E-state index contributed by atoms with van der Waals surface area (Å²) in [6.45, 7) is 2.69.